The van der Waals surface area contributed by atoms with Gasteiger partial charge in [0.05, 0.1) is 11.2 Å². The molecule has 0 spiro atoms. The molecule has 2 aromatic heterocycles. The fraction of sp³-hybridized carbons (Fsp3) is 0.400. The third kappa shape index (κ3) is 4.92. The van der Waals surface area contributed by atoms with E-state index >= 15 is 0 Å². The van der Waals surface area contributed by atoms with Gasteiger partial charge in [0.15, 0.2) is 0 Å². The molecule has 0 radical (unpaired) electrons. The van der Waals surface area contributed by atoms with Crippen LogP contribution in [-0.2, 0) is 0 Å². The number of hydrogen-bond donors (Lipinski definition) is 2. The van der Waals surface area contributed by atoms with Crippen LogP contribution in [0.1, 0.15) is 37.2 Å². The lowest BCUT2D eigenvalue weighted by molar-refractivity contribution is 0.0890. The molecule has 0 aliphatic rings. The molecule has 0 fully saturated rings. The predicted octanol–water partition coefficient (Wildman–Crippen LogP) is 2.36. The average Bonchev–Trinajstić information content (AvgIpc) is 3.07. The maximum Gasteiger partial charge on any atom is 0.270 e. The molecule has 0 saturated carbocycles. The molecule has 0 atom stereocenters. The van der Waals surface area contributed by atoms with Crippen molar-refractivity contribution in [1.82, 2.24) is 20.1 Å². The van der Waals surface area contributed by atoms with Crippen molar-refractivity contribution in [2.24, 2.45) is 5.73 Å². The summed E-state index contributed by atoms with van der Waals surface area (Å²) in [5, 5.41) is 7.16. The summed E-state index contributed by atoms with van der Waals surface area (Å²) in [6.45, 7) is 4.44. The van der Waals surface area contributed by atoms with Gasteiger partial charge in [-0.05, 0) is 31.0 Å². The van der Waals surface area contributed by atoms with Crippen molar-refractivity contribution in [3.05, 3.63) is 42.5 Å². The van der Waals surface area contributed by atoms with Crippen LogP contribution in [0, 0.1) is 0 Å². The van der Waals surface area contributed by atoms with Crippen LogP contribution in [0.25, 0.3) is 5.69 Å². The highest BCUT2D eigenvalue weighted by molar-refractivity contribution is 5.93. The minimum Gasteiger partial charge on any atom is -0.344 e. The Labute approximate surface area is 148 Å². The molecule has 23 heavy (non-hydrogen) atoms. The standard InChI is InChI=1S/C15H21N5O.2ClH/c1-3-15(4-2,11-16)19-14(21)13-10-12(6-8-17-13)20-9-5-7-18-20;;/h5-10H,3-4,11,16H2,1-2H3,(H,19,21);2*1H. The number of nitrogens with two attached hydrogens (primary N) is 1. The Kier molecular flexibility index (Phi) is 8.82. The largest absolute Gasteiger partial charge is 0.344 e. The van der Waals surface area contributed by atoms with Crippen LogP contribution in [0.3, 0.4) is 0 Å². The molecule has 6 nitrogen and oxygen atoms in total. The van der Waals surface area contributed by atoms with Crippen LogP contribution >= 0.6 is 24.8 Å². The van der Waals surface area contributed by atoms with Crippen molar-refractivity contribution < 1.29 is 4.79 Å². The van der Waals surface area contributed by atoms with E-state index in [9.17, 15) is 4.79 Å². The summed E-state index contributed by atoms with van der Waals surface area (Å²) in [6, 6.07) is 5.35. The van der Waals surface area contributed by atoms with Gasteiger partial charge >= 0.3 is 0 Å². The number of hydrogen-bond acceptors (Lipinski definition) is 4. The summed E-state index contributed by atoms with van der Waals surface area (Å²) >= 11 is 0. The van der Waals surface area contributed by atoms with Crippen LogP contribution < -0.4 is 11.1 Å². The maximum absolute atomic E-state index is 12.4. The molecule has 0 aliphatic heterocycles. The van der Waals surface area contributed by atoms with E-state index < -0.39 is 0 Å². The lowest BCUT2D eigenvalue weighted by Gasteiger charge is -2.31. The SMILES string of the molecule is CCC(CC)(CN)NC(=O)c1cc(-n2cccn2)ccn1.Cl.Cl. The Bertz CT molecular complexity index is 591. The molecule has 3 N–H and O–H groups in total. The zero-order valence-electron chi connectivity index (χ0n) is 13.2. The monoisotopic (exact) mass is 359 g/mol. The molecule has 8 heteroatoms. The first-order valence-corrected chi connectivity index (χ1v) is 7.13. The zero-order chi connectivity index (χ0) is 15.3. The van der Waals surface area contributed by atoms with Gasteiger partial charge in [0.25, 0.3) is 5.91 Å². The Morgan fingerprint density at radius 3 is 2.52 bits per heavy atom. The summed E-state index contributed by atoms with van der Waals surface area (Å²) in [5.41, 5.74) is 6.60. The lowest BCUT2D eigenvalue weighted by atomic mass is 9.93. The van der Waals surface area contributed by atoms with E-state index in [1.807, 2.05) is 26.1 Å². The summed E-state index contributed by atoms with van der Waals surface area (Å²) in [4.78, 5) is 16.5. The number of nitrogens with one attached hydrogen (secondary N) is 1. The molecule has 1 amide bonds. The van der Waals surface area contributed by atoms with Crippen LogP contribution in [-0.4, -0.2) is 32.8 Å². The number of nitrogens with zero attached hydrogens (tertiary/aromatic N) is 3. The van der Waals surface area contributed by atoms with Gasteiger partial charge in [-0.2, -0.15) is 5.10 Å². The Morgan fingerprint density at radius 2 is 2.00 bits per heavy atom. The first-order chi connectivity index (χ1) is 10.1. The number of carbonyl (C=O) groups excluding carboxylic acids is 1. The first kappa shape index (κ1) is 21.4. The number of aromatic nitrogens is 3. The molecule has 2 aromatic rings. The van der Waals surface area contributed by atoms with E-state index in [-0.39, 0.29) is 36.3 Å². The second kappa shape index (κ2) is 9.50. The molecule has 2 heterocycles. The minimum atomic E-state index is -0.375. The molecule has 0 aliphatic carbocycles. The van der Waals surface area contributed by atoms with Gasteiger partial charge in [0.1, 0.15) is 5.69 Å². The van der Waals surface area contributed by atoms with Gasteiger partial charge in [0, 0.05) is 25.1 Å². The van der Waals surface area contributed by atoms with E-state index in [1.165, 1.54) is 0 Å². The van der Waals surface area contributed by atoms with Gasteiger partial charge in [-0.25, -0.2) is 4.68 Å². The van der Waals surface area contributed by atoms with Crippen LogP contribution in [0.5, 0.6) is 0 Å². The first-order valence-electron chi connectivity index (χ1n) is 7.13. The second-order valence-corrected chi connectivity index (χ2v) is 5.00. The Balaban J connectivity index is 0.00000242. The number of halogens is 2. The Morgan fingerprint density at radius 1 is 1.30 bits per heavy atom. The summed E-state index contributed by atoms with van der Waals surface area (Å²) in [6.07, 6.45) is 6.68. The van der Waals surface area contributed by atoms with Gasteiger partial charge < -0.3 is 11.1 Å². The van der Waals surface area contributed by atoms with E-state index in [0.717, 1.165) is 18.5 Å². The summed E-state index contributed by atoms with van der Waals surface area (Å²) in [7, 11) is 0. The highest BCUT2D eigenvalue weighted by Crippen LogP contribution is 2.15. The fourth-order valence-corrected chi connectivity index (χ4v) is 2.18. The number of rotatable bonds is 6. The van der Waals surface area contributed by atoms with E-state index in [1.54, 1.807) is 29.2 Å². The highest BCUT2D eigenvalue weighted by atomic mass is 35.5. The molecule has 0 bridgehead atoms. The summed E-state index contributed by atoms with van der Waals surface area (Å²) < 4.78 is 1.69. The quantitative estimate of drug-likeness (QED) is 0.828. The smallest absolute Gasteiger partial charge is 0.270 e. The topological polar surface area (TPSA) is 85.8 Å². The van der Waals surface area contributed by atoms with Gasteiger partial charge in [-0.15, -0.1) is 24.8 Å². The maximum atomic E-state index is 12.4. The highest BCUT2D eigenvalue weighted by Gasteiger charge is 2.27. The van der Waals surface area contributed by atoms with Crippen LogP contribution in [0.4, 0.5) is 0 Å². The molecule has 2 rings (SSSR count). The van der Waals surface area contributed by atoms with Gasteiger partial charge in [-0.3, -0.25) is 9.78 Å². The van der Waals surface area contributed by atoms with Gasteiger partial charge in [0.2, 0.25) is 0 Å². The average molecular weight is 360 g/mol. The second-order valence-electron chi connectivity index (χ2n) is 5.00. The molecule has 128 valence electrons. The van der Waals surface area contributed by atoms with Crippen molar-refractivity contribution in [3.63, 3.8) is 0 Å². The number of amides is 1. The normalized spacial score (nSPS) is 10.4. The van der Waals surface area contributed by atoms with Crippen LogP contribution in [0.15, 0.2) is 36.8 Å². The fourth-order valence-electron chi connectivity index (χ4n) is 2.18. The van der Waals surface area contributed by atoms with Crippen molar-refractivity contribution in [2.45, 2.75) is 32.2 Å². The lowest BCUT2D eigenvalue weighted by Crippen LogP contribution is -2.53. The predicted molar refractivity (Wildman–Crippen MR) is 95.7 cm³/mol. The summed E-state index contributed by atoms with van der Waals surface area (Å²) in [5.74, 6) is -0.210. The van der Waals surface area contributed by atoms with Crippen molar-refractivity contribution in [2.75, 3.05) is 6.54 Å². The van der Waals surface area contributed by atoms with Crippen molar-refractivity contribution >= 4 is 30.7 Å². The molecule has 0 unspecified atom stereocenters. The third-order valence-electron chi connectivity index (χ3n) is 3.87. The Hall–Kier alpha value is -1.63. The van der Waals surface area contributed by atoms with Crippen molar-refractivity contribution in [3.8, 4) is 5.69 Å². The third-order valence-corrected chi connectivity index (χ3v) is 3.87. The number of pyridine rings is 1. The molecule has 0 aromatic carbocycles. The zero-order valence-corrected chi connectivity index (χ0v) is 14.9. The van der Waals surface area contributed by atoms with Crippen LogP contribution in [0.2, 0.25) is 0 Å². The van der Waals surface area contributed by atoms with E-state index in [2.05, 4.69) is 15.4 Å². The number of carbonyl (C=O) groups is 1. The van der Waals surface area contributed by atoms with E-state index in [0.29, 0.717) is 12.2 Å². The van der Waals surface area contributed by atoms with Crippen molar-refractivity contribution in [1.29, 1.82) is 0 Å². The molecule has 0 saturated heterocycles. The van der Waals surface area contributed by atoms with E-state index in [4.69, 9.17) is 5.73 Å². The molecular weight excluding hydrogens is 337 g/mol. The minimum absolute atomic E-state index is 0. The van der Waals surface area contributed by atoms with Gasteiger partial charge in [-0.1, -0.05) is 13.8 Å². The molecular formula is C15H23Cl2N5O.